The molecule has 1 aliphatic heterocycles. The van der Waals surface area contributed by atoms with E-state index < -0.39 is 0 Å². The van der Waals surface area contributed by atoms with Crippen LogP contribution in [0.15, 0.2) is 24.3 Å². The van der Waals surface area contributed by atoms with Crippen molar-refractivity contribution in [3.8, 4) is 0 Å². The summed E-state index contributed by atoms with van der Waals surface area (Å²) in [6, 6.07) is 8.98. The molecule has 0 aromatic heterocycles. The Hall–Kier alpha value is -1.59. The maximum atomic E-state index is 12.1. The van der Waals surface area contributed by atoms with Crippen LogP contribution in [0.25, 0.3) is 0 Å². The summed E-state index contributed by atoms with van der Waals surface area (Å²) < 4.78 is 0. The van der Waals surface area contributed by atoms with Gasteiger partial charge < -0.3 is 15.1 Å². The molecule has 1 N–H and O–H groups in total. The molecule has 1 heterocycles. The number of carbonyl (C=O) groups excluding carboxylic acids is 1. The summed E-state index contributed by atoms with van der Waals surface area (Å²) in [6.45, 7) is 7.05. The van der Waals surface area contributed by atoms with Crippen molar-refractivity contribution in [3.63, 3.8) is 0 Å². The zero-order valence-corrected chi connectivity index (χ0v) is 16.3. The maximum absolute atomic E-state index is 12.1. The van der Waals surface area contributed by atoms with Gasteiger partial charge in [0.15, 0.2) is 0 Å². The van der Waals surface area contributed by atoms with Gasteiger partial charge in [0.05, 0.1) is 6.04 Å². The van der Waals surface area contributed by atoms with Crippen LogP contribution < -0.4 is 10.2 Å². The summed E-state index contributed by atoms with van der Waals surface area (Å²) >= 11 is 0. The summed E-state index contributed by atoms with van der Waals surface area (Å²) in [7, 11) is 6.28. The average Bonchev–Trinajstić information content (AvgIpc) is 2.62. The topological polar surface area (TPSA) is 38.8 Å². The van der Waals surface area contributed by atoms with E-state index in [1.165, 1.54) is 11.3 Å². The number of hydrogen-bond acceptors (Lipinski definition) is 4. The molecule has 0 spiro atoms. The standard InChI is InChI=1S/C20H34N4O/c1-5-6-7-20(25)21-16-19(24-14-12-23(4)13-15-24)17-8-10-18(11-9-17)22(2)3/h8-11,19H,5-7,12-16H2,1-4H3,(H,21,25)/t19-/m0/s1. The third-order valence-corrected chi connectivity index (χ3v) is 5.02. The predicted molar refractivity (Wildman–Crippen MR) is 105 cm³/mol. The van der Waals surface area contributed by atoms with Gasteiger partial charge in [-0.3, -0.25) is 9.69 Å². The lowest BCUT2D eigenvalue weighted by Crippen LogP contribution is -2.48. The largest absolute Gasteiger partial charge is 0.378 e. The number of anilines is 1. The lowest BCUT2D eigenvalue weighted by atomic mass is 10.0. The quantitative estimate of drug-likeness (QED) is 0.784. The van der Waals surface area contributed by atoms with E-state index in [4.69, 9.17) is 0 Å². The first kappa shape index (κ1) is 19.7. The molecule has 1 amide bonds. The first-order valence-corrected chi connectivity index (χ1v) is 9.47. The highest BCUT2D eigenvalue weighted by Crippen LogP contribution is 2.24. The van der Waals surface area contributed by atoms with Gasteiger partial charge in [-0.1, -0.05) is 25.5 Å². The molecule has 0 unspecified atom stereocenters. The SMILES string of the molecule is CCCCC(=O)NC[C@@H](c1ccc(N(C)C)cc1)N1CCN(C)CC1. The number of benzene rings is 1. The first-order valence-electron chi connectivity index (χ1n) is 9.47. The molecule has 5 nitrogen and oxygen atoms in total. The second kappa shape index (κ2) is 9.78. The third-order valence-electron chi connectivity index (χ3n) is 5.02. The van der Waals surface area contributed by atoms with Crippen molar-refractivity contribution < 1.29 is 4.79 Å². The molecule has 25 heavy (non-hydrogen) atoms. The Bertz CT molecular complexity index is 521. The van der Waals surface area contributed by atoms with E-state index in [0.29, 0.717) is 13.0 Å². The fourth-order valence-electron chi connectivity index (χ4n) is 3.22. The predicted octanol–water partition coefficient (Wildman–Crippen LogP) is 2.35. The summed E-state index contributed by atoms with van der Waals surface area (Å²) in [5, 5.41) is 3.16. The van der Waals surface area contributed by atoms with Crippen LogP contribution in [0.3, 0.4) is 0 Å². The number of unbranched alkanes of at least 4 members (excludes halogenated alkanes) is 1. The Balaban J connectivity index is 2.06. The number of amides is 1. The number of carbonyl (C=O) groups is 1. The summed E-state index contributed by atoms with van der Waals surface area (Å²) in [5.41, 5.74) is 2.49. The molecule has 0 aliphatic carbocycles. The molecule has 5 heteroatoms. The van der Waals surface area contributed by atoms with E-state index in [1.807, 2.05) is 0 Å². The Morgan fingerprint density at radius 3 is 2.36 bits per heavy atom. The van der Waals surface area contributed by atoms with Crippen LogP contribution in [0.5, 0.6) is 0 Å². The van der Waals surface area contributed by atoms with E-state index in [2.05, 4.69) is 72.3 Å². The van der Waals surface area contributed by atoms with Crippen LogP contribution in [0, 0.1) is 0 Å². The van der Waals surface area contributed by atoms with Crippen molar-refractivity contribution in [2.24, 2.45) is 0 Å². The van der Waals surface area contributed by atoms with Crippen LogP contribution in [0.2, 0.25) is 0 Å². The highest BCUT2D eigenvalue weighted by molar-refractivity contribution is 5.75. The molecule has 0 radical (unpaired) electrons. The van der Waals surface area contributed by atoms with Crippen molar-refractivity contribution >= 4 is 11.6 Å². The van der Waals surface area contributed by atoms with Gasteiger partial charge in [-0.2, -0.15) is 0 Å². The second-order valence-corrected chi connectivity index (χ2v) is 7.25. The van der Waals surface area contributed by atoms with Crippen molar-refractivity contribution in [3.05, 3.63) is 29.8 Å². The van der Waals surface area contributed by atoms with Crippen molar-refractivity contribution in [2.45, 2.75) is 32.2 Å². The van der Waals surface area contributed by atoms with Crippen LogP contribution in [0.1, 0.15) is 37.8 Å². The molecule has 1 fully saturated rings. The van der Waals surface area contributed by atoms with Crippen molar-refractivity contribution in [1.82, 2.24) is 15.1 Å². The highest BCUT2D eigenvalue weighted by atomic mass is 16.1. The summed E-state index contributed by atoms with van der Waals surface area (Å²) in [6.07, 6.45) is 2.65. The highest BCUT2D eigenvalue weighted by Gasteiger charge is 2.24. The molecule has 2 rings (SSSR count). The molecule has 0 saturated carbocycles. The molecule has 0 bridgehead atoms. The Kier molecular flexibility index (Phi) is 7.72. The number of piperazine rings is 1. The van der Waals surface area contributed by atoms with Crippen LogP contribution >= 0.6 is 0 Å². The number of likely N-dealkylation sites (N-methyl/N-ethyl adjacent to an activating group) is 1. The molecule has 1 aliphatic rings. The molecule has 1 aromatic carbocycles. The second-order valence-electron chi connectivity index (χ2n) is 7.25. The van der Waals surface area contributed by atoms with Gasteiger partial charge in [0, 0.05) is 58.9 Å². The molecular weight excluding hydrogens is 312 g/mol. The zero-order chi connectivity index (χ0) is 18.2. The average molecular weight is 347 g/mol. The molecule has 1 aromatic rings. The minimum atomic E-state index is 0.172. The minimum Gasteiger partial charge on any atom is -0.378 e. The van der Waals surface area contributed by atoms with Crippen LogP contribution in [0.4, 0.5) is 5.69 Å². The number of nitrogens with zero attached hydrogens (tertiary/aromatic N) is 3. The van der Waals surface area contributed by atoms with E-state index >= 15 is 0 Å². The number of rotatable bonds is 8. The minimum absolute atomic E-state index is 0.172. The van der Waals surface area contributed by atoms with Gasteiger partial charge in [0.2, 0.25) is 5.91 Å². The Morgan fingerprint density at radius 2 is 1.80 bits per heavy atom. The van der Waals surface area contributed by atoms with Gasteiger partial charge in [-0.25, -0.2) is 0 Å². The van der Waals surface area contributed by atoms with Crippen molar-refractivity contribution in [2.75, 3.05) is 58.8 Å². The monoisotopic (exact) mass is 346 g/mol. The molecule has 1 saturated heterocycles. The van der Waals surface area contributed by atoms with Gasteiger partial charge in [0.1, 0.15) is 0 Å². The lowest BCUT2D eigenvalue weighted by Gasteiger charge is -2.38. The smallest absolute Gasteiger partial charge is 0.220 e. The number of nitrogens with one attached hydrogen (secondary N) is 1. The molecule has 1 atom stereocenters. The van der Waals surface area contributed by atoms with E-state index in [1.54, 1.807) is 0 Å². The molecule has 140 valence electrons. The Morgan fingerprint density at radius 1 is 1.16 bits per heavy atom. The summed E-state index contributed by atoms with van der Waals surface area (Å²) in [5.74, 6) is 0.172. The van der Waals surface area contributed by atoms with Crippen LogP contribution in [-0.4, -0.2) is 69.6 Å². The Labute approximate surface area is 153 Å². The third kappa shape index (κ3) is 6.01. The van der Waals surface area contributed by atoms with E-state index in [9.17, 15) is 4.79 Å². The zero-order valence-electron chi connectivity index (χ0n) is 16.3. The lowest BCUT2D eigenvalue weighted by molar-refractivity contribution is -0.121. The van der Waals surface area contributed by atoms with Gasteiger partial charge >= 0.3 is 0 Å². The maximum Gasteiger partial charge on any atom is 0.220 e. The number of hydrogen-bond donors (Lipinski definition) is 1. The molecular formula is C20H34N4O. The van der Waals surface area contributed by atoms with E-state index in [-0.39, 0.29) is 11.9 Å². The van der Waals surface area contributed by atoms with Gasteiger partial charge in [-0.05, 0) is 31.2 Å². The van der Waals surface area contributed by atoms with Gasteiger partial charge in [0.25, 0.3) is 0 Å². The van der Waals surface area contributed by atoms with E-state index in [0.717, 1.165) is 39.0 Å². The van der Waals surface area contributed by atoms with Crippen LogP contribution in [-0.2, 0) is 4.79 Å². The first-order chi connectivity index (χ1) is 12.0. The van der Waals surface area contributed by atoms with Gasteiger partial charge in [-0.15, -0.1) is 0 Å². The normalized spacial score (nSPS) is 17.3. The van der Waals surface area contributed by atoms with Crippen molar-refractivity contribution in [1.29, 1.82) is 0 Å². The summed E-state index contributed by atoms with van der Waals surface area (Å²) in [4.78, 5) is 19.1. The fraction of sp³-hybridized carbons (Fsp3) is 0.650. The fourth-order valence-corrected chi connectivity index (χ4v) is 3.22.